The van der Waals surface area contributed by atoms with Crippen LogP contribution in [0.2, 0.25) is 0 Å². The third-order valence-corrected chi connectivity index (χ3v) is 4.13. The number of nitrogens with one attached hydrogen (secondary N) is 1. The van der Waals surface area contributed by atoms with Gasteiger partial charge in [-0.2, -0.15) is 5.10 Å². The summed E-state index contributed by atoms with van der Waals surface area (Å²) in [6.45, 7) is 2.05. The fourth-order valence-corrected chi connectivity index (χ4v) is 2.72. The topological polar surface area (TPSA) is 59.9 Å². The molecule has 124 valence electrons. The maximum Gasteiger partial charge on any atom is 0.271 e. The zero-order chi connectivity index (χ0) is 17.2. The van der Waals surface area contributed by atoms with E-state index >= 15 is 0 Å². The number of hydrogen-bond donors (Lipinski definition) is 1. The maximum absolute atomic E-state index is 12.3. The van der Waals surface area contributed by atoms with Crippen LogP contribution in [0, 0.1) is 0 Å². The van der Waals surface area contributed by atoms with Crippen molar-refractivity contribution in [2.75, 3.05) is 6.79 Å². The number of carbonyl (C=O) groups excluding carboxylic acids is 1. The Labute approximate surface area is 144 Å². The van der Waals surface area contributed by atoms with E-state index in [1.54, 1.807) is 18.2 Å². The number of ether oxygens (including phenoxy) is 2. The van der Waals surface area contributed by atoms with Gasteiger partial charge in [0, 0.05) is 5.56 Å². The number of amides is 1. The van der Waals surface area contributed by atoms with E-state index in [-0.39, 0.29) is 12.7 Å². The number of rotatable bonds is 3. The van der Waals surface area contributed by atoms with Crippen molar-refractivity contribution in [1.29, 1.82) is 0 Å². The first kappa shape index (κ1) is 15.2. The highest BCUT2D eigenvalue weighted by Crippen LogP contribution is 2.32. The van der Waals surface area contributed by atoms with Crippen molar-refractivity contribution in [3.8, 4) is 11.5 Å². The number of carbonyl (C=O) groups is 1. The molecule has 0 aromatic heterocycles. The molecule has 0 radical (unpaired) electrons. The van der Waals surface area contributed by atoms with Gasteiger partial charge < -0.3 is 9.47 Å². The normalized spacial score (nSPS) is 13.1. The highest BCUT2D eigenvalue weighted by molar-refractivity contribution is 6.03. The Kier molecular flexibility index (Phi) is 3.82. The third-order valence-electron chi connectivity index (χ3n) is 4.13. The first-order chi connectivity index (χ1) is 12.2. The van der Waals surface area contributed by atoms with Crippen molar-refractivity contribution < 1.29 is 14.3 Å². The van der Waals surface area contributed by atoms with Crippen LogP contribution in [0.1, 0.15) is 22.8 Å². The first-order valence-electron chi connectivity index (χ1n) is 7.94. The molecule has 5 heteroatoms. The van der Waals surface area contributed by atoms with Gasteiger partial charge in [-0.05, 0) is 47.5 Å². The van der Waals surface area contributed by atoms with Crippen LogP contribution in [-0.4, -0.2) is 18.4 Å². The molecule has 0 unspecified atom stereocenters. The molecule has 0 aliphatic carbocycles. The first-order valence-corrected chi connectivity index (χ1v) is 7.94. The van der Waals surface area contributed by atoms with Crippen LogP contribution in [0.5, 0.6) is 11.5 Å². The lowest BCUT2D eigenvalue weighted by atomic mass is 10.0. The van der Waals surface area contributed by atoms with Crippen molar-refractivity contribution in [3.63, 3.8) is 0 Å². The molecular formula is C20H16N2O3. The minimum Gasteiger partial charge on any atom is -0.454 e. The second-order valence-electron chi connectivity index (χ2n) is 5.77. The monoisotopic (exact) mass is 332 g/mol. The number of hydrogen-bond acceptors (Lipinski definition) is 4. The summed E-state index contributed by atoms with van der Waals surface area (Å²) >= 11 is 0. The molecule has 0 atom stereocenters. The van der Waals surface area contributed by atoms with Crippen molar-refractivity contribution in [3.05, 3.63) is 71.8 Å². The number of hydrazone groups is 1. The molecule has 25 heavy (non-hydrogen) atoms. The summed E-state index contributed by atoms with van der Waals surface area (Å²) in [4.78, 5) is 12.3. The Morgan fingerprint density at radius 3 is 2.56 bits per heavy atom. The lowest BCUT2D eigenvalue weighted by molar-refractivity contribution is 0.0954. The summed E-state index contributed by atoms with van der Waals surface area (Å²) in [6.07, 6.45) is 0. The Hall–Kier alpha value is -3.34. The smallest absolute Gasteiger partial charge is 0.271 e. The summed E-state index contributed by atoms with van der Waals surface area (Å²) in [7, 11) is 0. The van der Waals surface area contributed by atoms with Crippen LogP contribution in [0.4, 0.5) is 0 Å². The number of nitrogens with zero attached hydrogens (tertiary/aromatic N) is 1. The van der Waals surface area contributed by atoms with Crippen LogP contribution in [0.3, 0.4) is 0 Å². The summed E-state index contributed by atoms with van der Waals surface area (Å²) in [6, 6.07) is 19.3. The fourth-order valence-electron chi connectivity index (χ4n) is 2.72. The standard InChI is InChI=1S/C20H16N2O3/c1-13(15-7-6-14-4-2-3-5-16(14)10-15)21-22-20(23)17-8-9-18-19(11-17)25-12-24-18/h2-11H,12H2,1H3,(H,22,23)/b21-13-. The summed E-state index contributed by atoms with van der Waals surface area (Å²) in [5, 5.41) is 6.52. The summed E-state index contributed by atoms with van der Waals surface area (Å²) in [5.41, 5.74) is 4.76. The second kappa shape index (κ2) is 6.28. The molecule has 1 N–H and O–H groups in total. The van der Waals surface area contributed by atoms with E-state index < -0.39 is 0 Å². The van der Waals surface area contributed by atoms with E-state index in [9.17, 15) is 4.79 Å². The zero-order valence-corrected chi connectivity index (χ0v) is 13.7. The highest BCUT2D eigenvalue weighted by atomic mass is 16.7. The Morgan fingerprint density at radius 2 is 1.68 bits per heavy atom. The van der Waals surface area contributed by atoms with Crippen molar-refractivity contribution >= 4 is 22.4 Å². The molecule has 0 bridgehead atoms. The molecule has 1 heterocycles. The minimum absolute atomic E-state index is 0.180. The lowest BCUT2D eigenvalue weighted by Crippen LogP contribution is -2.19. The largest absolute Gasteiger partial charge is 0.454 e. The molecule has 0 saturated carbocycles. The molecule has 0 saturated heterocycles. The second-order valence-corrected chi connectivity index (χ2v) is 5.77. The van der Waals surface area contributed by atoms with Crippen LogP contribution < -0.4 is 14.9 Å². The molecule has 1 amide bonds. The molecule has 0 spiro atoms. The lowest BCUT2D eigenvalue weighted by Gasteiger charge is -2.05. The Bertz CT molecular complexity index is 995. The third kappa shape index (κ3) is 3.04. The van der Waals surface area contributed by atoms with E-state index in [0.29, 0.717) is 17.1 Å². The molecular weight excluding hydrogens is 316 g/mol. The quantitative estimate of drug-likeness (QED) is 0.587. The van der Waals surface area contributed by atoms with Gasteiger partial charge in [-0.15, -0.1) is 0 Å². The number of benzene rings is 3. The maximum atomic E-state index is 12.3. The average molecular weight is 332 g/mol. The van der Waals surface area contributed by atoms with Crippen LogP contribution in [0.25, 0.3) is 10.8 Å². The van der Waals surface area contributed by atoms with Crippen LogP contribution in [-0.2, 0) is 0 Å². The van der Waals surface area contributed by atoms with E-state index in [4.69, 9.17) is 9.47 Å². The van der Waals surface area contributed by atoms with Crippen LogP contribution in [0.15, 0.2) is 65.8 Å². The van der Waals surface area contributed by atoms with Gasteiger partial charge in [0.25, 0.3) is 5.91 Å². The summed E-state index contributed by atoms with van der Waals surface area (Å²) in [5.74, 6) is 0.925. The van der Waals surface area contributed by atoms with E-state index in [1.807, 2.05) is 31.2 Å². The van der Waals surface area contributed by atoms with Gasteiger partial charge in [-0.25, -0.2) is 5.43 Å². The highest BCUT2D eigenvalue weighted by Gasteiger charge is 2.16. The van der Waals surface area contributed by atoms with E-state index in [2.05, 4.69) is 28.7 Å². The van der Waals surface area contributed by atoms with Gasteiger partial charge in [0.05, 0.1) is 5.71 Å². The number of fused-ring (bicyclic) bond motifs is 2. The zero-order valence-electron chi connectivity index (χ0n) is 13.7. The Balaban J connectivity index is 1.52. The molecule has 4 rings (SSSR count). The average Bonchev–Trinajstić information content (AvgIpc) is 3.13. The summed E-state index contributed by atoms with van der Waals surface area (Å²) < 4.78 is 10.5. The van der Waals surface area contributed by atoms with Crippen molar-refractivity contribution in [2.45, 2.75) is 6.92 Å². The molecule has 1 aliphatic rings. The van der Waals surface area contributed by atoms with Gasteiger partial charge in [0.1, 0.15) is 0 Å². The molecule has 0 fully saturated rings. The predicted molar refractivity (Wildman–Crippen MR) is 96.2 cm³/mol. The Morgan fingerprint density at radius 1 is 0.920 bits per heavy atom. The van der Waals surface area contributed by atoms with Gasteiger partial charge in [0.2, 0.25) is 6.79 Å². The van der Waals surface area contributed by atoms with Gasteiger partial charge in [-0.3, -0.25) is 4.79 Å². The van der Waals surface area contributed by atoms with Gasteiger partial charge in [-0.1, -0.05) is 36.4 Å². The van der Waals surface area contributed by atoms with Crippen molar-refractivity contribution in [2.24, 2.45) is 5.10 Å². The minimum atomic E-state index is -0.293. The fraction of sp³-hybridized carbons (Fsp3) is 0.100. The molecule has 1 aliphatic heterocycles. The van der Waals surface area contributed by atoms with Crippen molar-refractivity contribution in [1.82, 2.24) is 5.43 Å². The predicted octanol–water partition coefficient (Wildman–Crippen LogP) is 3.72. The van der Waals surface area contributed by atoms with E-state index in [0.717, 1.165) is 16.7 Å². The van der Waals surface area contributed by atoms with Crippen LogP contribution >= 0.6 is 0 Å². The van der Waals surface area contributed by atoms with E-state index in [1.165, 1.54) is 5.39 Å². The molecule has 3 aromatic carbocycles. The van der Waals surface area contributed by atoms with Gasteiger partial charge in [0.15, 0.2) is 11.5 Å². The SMILES string of the molecule is C/C(=N/NC(=O)c1ccc2c(c1)OCO2)c1ccc2ccccc2c1. The molecule has 3 aromatic rings. The molecule has 5 nitrogen and oxygen atoms in total. The van der Waals surface area contributed by atoms with Gasteiger partial charge >= 0.3 is 0 Å².